The fourth-order valence-electron chi connectivity index (χ4n) is 3.36. The second-order valence-electron chi connectivity index (χ2n) is 6.90. The molecule has 2 amide bonds. The number of carbonyl (C=O) groups excluding carboxylic acids is 1. The number of amides is 2. The molecule has 1 aliphatic rings. The third-order valence-electron chi connectivity index (χ3n) is 4.91. The standard InChI is InChI=1S/C18H30N4O3/c1-3-11-22-13-10-19-16(22)5-4-12-21(2)18(25)20-15-8-6-14(7-9-15)17(23)24/h10,13-15H,3-9,11-12H2,1-2H3,(H,20,25)(H,23,24). The number of rotatable bonds is 8. The molecule has 7 heteroatoms. The number of urea groups is 1. The van der Waals surface area contributed by atoms with Crippen molar-refractivity contribution in [1.29, 1.82) is 0 Å². The van der Waals surface area contributed by atoms with E-state index in [9.17, 15) is 9.59 Å². The van der Waals surface area contributed by atoms with Crippen LogP contribution in [0.15, 0.2) is 12.4 Å². The first-order chi connectivity index (χ1) is 12.0. The first-order valence-electron chi connectivity index (χ1n) is 9.25. The zero-order chi connectivity index (χ0) is 18.2. The van der Waals surface area contributed by atoms with E-state index in [2.05, 4.69) is 21.8 Å². The number of carboxylic acids is 1. The summed E-state index contributed by atoms with van der Waals surface area (Å²) >= 11 is 0. The van der Waals surface area contributed by atoms with Crippen molar-refractivity contribution in [3.63, 3.8) is 0 Å². The maximum Gasteiger partial charge on any atom is 0.317 e. The Kier molecular flexibility index (Phi) is 7.28. The molecular formula is C18H30N4O3. The van der Waals surface area contributed by atoms with E-state index in [4.69, 9.17) is 5.11 Å². The van der Waals surface area contributed by atoms with Gasteiger partial charge in [-0.2, -0.15) is 0 Å². The van der Waals surface area contributed by atoms with Crippen molar-refractivity contribution in [2.24, 2.45) is 5.92 Å². The Morgan fingerprint density at radius 2 is 2.08 bits per heavy atom. The Morgan fingerprint density at radius 1 is 1.36 bits per heavy atom. The number of hydrogen-bond donors (Lipinski definition) is 2. The van der Waals surface area contributed by atoms with E-state index in [1.807, 2.05) is 12.4 Å². The van der Waals surface area contributed by atoms with Gasteiger partial charge in [0.25, 0.3) is 0 Å². The molecule has 1 saturated carbocycles. The molecule has 25 heavy (non-hydrogen) atoms. The first kappa shape index (κ1) is 19.3. The molecule has 0 aliphatic heterocycles. The normalized spacial score (nSPS) is 20.2. The van der Waals surface area contributed by atoms with Gasteiger partial charge in [-0.15, -0.1) is 0 Å². The molecule has 1 fully saturated rings. The molecule has 1 aromatic heterocycles. The quantitative estimate of drug-likeness (QED) is 0.754. The van der Waals surface area contributed by atoms with Gasteiger partial charge >= 0.3 is 12.0 Å². The van der Waals surface area contributed by atoms with E-state index in [0.29, 0.717) is 19.4 Å². The third-order valence-corrected chi connectivity index (χ3v) is 4.91. The molecule has 0 saturated heterocycles. The smallest absolute Gasteiger partial charge is 0.317 e. The molecule has 0 spiro atoms. The van der Waals surface area contributed by atoms with Crippen LogP contribution in [0.1, 0.15) is 51.3 Å². The number of nitrogens with one attached hydrogen (secondary N) is 1. The molecule has 2 rings (SSSR count). The van der Waals surface area contributed by atoms with Crippen LogP contribution in [0.2, 0.25) is 0 Å². The monoisotopic (exact) mass is 350 g/mol. The molecule has 2 N–H and O–H groups in total. The lowest BCUT2D eigenvalue weighted by Gasteiger charge is -2.28. The van der Waals surface area contributed by atoms with E-state index >= 15 is 0 Å². The Balaban J connectivity index is 1.68. The first-order valence-corrected chi connectivity index (χ1v) is 9.25. The summed E-state index contributed by atoms with van der Waals surface area (Å²) in [6, 6.07) is 0.0182. The second-order valence-corrected chi connectivity index (χ2v) is 6.90. The Bertz CT molecular complexity index is 564. The van der Waals surface area contributed by atoms with Gasteiger partial charge in [0.1, 0.15) is 5.82 Å². The highest BCUT2D eigenvalue weighted by atomic mass is 16.4. The minimum Gasteiger partial charge on any atom is -0.481 e. The van der Waals surface area contributed by atoms with Gasteiger partial charge in [0.2, 0.25) is 0 Å². The van der Waals surface area contributed by atoms with E-state index in [0.717, 1.165) is 44.5 Å². The average Bonchev–Trinajstić information content (AvgIpc) is 3.03. The maximum atomic E-state index is 12.3. The zero-order valence-corrected chi connectivity index (χ0v) is 15.3. The predicted molar refractivity (Wildman–Crippen MR) is 95.4 cm³/mol. The van der Waals surface area contributed by atoms with Crippen molar-refractivity contribution >= 4 is 12.0 Å². The predicted octanol–water partition coefficient (Wildman–Crippen LogP) is 2.51. The Hall–Kier alpha value is -2.05. The van der Waals surface area contributed by atoms with Crippen LogP contribution < -0.4 is 5.32 Å². The third kappa shape index (κ3) is 5.76. The van der Waals surface area contributed by atoms with Crippen LogP contribution >= 0.6 is 0 Å². The number of aliphatic carboxylic acids is 1. The number of aryl methyl sites for hydroxylation is 2. The minimum atomic E-state index is -0.719. The molecule has 1 aliphatic carbocycles. The van der Waals surface area contributed by atoms with Crippen LogP contribution in [-0.4, -0.2) is 51.2 Å². The van der Waals surface area contributed by atoms with E-state index in [-0.39, 0.29) is 18.0 Å². The lowest BCUT2D eigenvalue weighted by atomic mass is 9.86. The molecule has 1 aromatic rings. The average molecular weight is 350 g/mol. The van der Waals surface area contributed by atoms with Crippen molar-refractivity contribution in [3.8, 4) is 0 Å². The van der Waals surface area contributed by atoms with Gasteiger partial charge in [0.05, 0.1) is 5.92 Å². The Morgan fingerprint density at radius 3 is 2.72 bits per heavy atom. The van der Waals surface area contributed by atoms with Crippen LogP contribution in [0.4, 0.5) is 4.79 Å². The topological polar surface area (TPSA) is 87.5 Å². The van der Waals surface area contributed by atoms with Crippen LogP contribution in [0.5, 0.6) is 0 Å². The summed E-state index contributed by atoms with van der Waals surface area (Å²) in [6.07, 6.45) is 9.41. The lowest BCUT2D eigenvalue weighted by molar-refractivity contribution is -0.142. The number of aromatic nitrogens is 2. The van der Waals surface area contributed by atoms with Crippen molar-refractivity contribution in [1.82, 2.24) is 19.8 Å². The summed E-state index contributed by atoms with van der Waals surface area (Å²) in [6.45, 7) is 3.80. The van der Waals surface area contributed by atoms with Crippen molar-refractivity contribution in [2.45, 2.75) is 64.5 Å². The molecule has 0 aromatic carbocycles. The summed E-state index contributed by atoms with van der Waals surface area (Å²) in [4.78, 5) is 29.3. The van der Waals surface area contributed by atoms with Gasteiger partial charge in [-0.1, -0.05) is 6.92 Å². The number of hydrogen-bond acceptors (Lipinski definition) is 3. The molecule has 140 valence electrons. The van der Waals surface area contributed by atoms with Gasteiger partial charge in [0.15, 0.2) is 0 Å². The number of imidazole rings is 1. The van der Waals surface area contributed by atoms with Gasteiger partial charge in [-0.05, 0) is 38.5 Å². The number of carboxylic acid groups (broad SMARTS) is 1. The number of nitrogens with zero attached hydrogens (tertiary/aromatic N) is 3. The van der Waals surface area contributed by atoms with Crippen LogP contribution in [0.3, 0.4) is 0 Å². The fraction of sp³-hybridized carbons (Fsp3) is 0.722. The highest BCUT2D eigenvalue weighted by Gasteiger charge is 2.27. The minimum absolute atomic E-state index is 0.0734. The van der Waals surface area contributed by atoms with Crippen LogP contribution in [0, 0.1) is 5.92 Å². The largest absolute Gasteiger partial charge is 0.481 e. The van der Waals surface area contributed by atoms with Gasteiger partial charge < -0.3 is 19.9 Å². The summed E-state index contributed by atoms with van der Waals surface area (Å²) in [5.74, 6) is 0.101. The summed E-state index contributed by atoms with van der Waals surface area (Å²) in [5, 5.41) is 12.0. The summed E-state index contributed by atoms with van der Waals surface area (Å²) in [5.41, 5.74) is 0. The highest BCUT2D eigenvalue weighted by Crippen LogP contribution is 2.24. The zero-order valence-electron chi connectivity index (χ0n) is 15.3. The van der Waals surface area contributed by atoms with E-state index in [1.165, 1.54) is 0 Å². The molecule has 0 bridgehead atoms. The van der Waals surface area contributed by atoms with Crippen molar-refractivity contribution in [2.75, 3.05) is 13.6 Å². The van der Waals surface area contributed by atoms with E-state index < -0.39 is 5.97 Å². The van der Waals surface area contributed by atoms with Crippen molar-refractivity contribution in [3.05, 3.63) is 18.2 Å². The maximum absolute atomic E-state index is 12.3. The van der Waals surface area contributed by atoms with Gasteiger partial charge in [-0.25, -0.2) is 9.78 Å². The highest BCUT2D eigenvalue weighted by molar-refractivity contribution is 5.74. The molecule has 7 nitrogen and oxygen atoms in total. The number of carbonyl (C=O) groups is 2. The van der Waals surface area contributed by atoms with Crippen molar-refractivity contribution < 1.29 is 14.7 Å². The van der Waals surface area contributed by atoms with Crippen LogP contribution in [0.25, 0.3) is 0 Å². The summed E-state index contributed by atoms with van der Waals surface area (Å²) in [7, 11) is 1.80. The van der Waals surface area contributed by atoms with Gasteiger partial charge in [-0.3, -0.25) is 4.79 Å². The second kappa shape index (κ2) is 9.44. The molecular weight excluding hydrogens is 320 g/mol. The van der Waals surface area contributed by atoms with Crippen LogP contribution in [-0.2, 0) is 17.8 Å². The SMILES string of the molecule is CCCn1ccnc1CCCN(C)C(=O)NC1CCC(C(=O)O)CC1. The lowest BCUT2D eigenvalue weighted by Crippen LogP contribution is -2.45. The summed E-state index contributed by atoms with van der Waals surface area (Å²) < 4.78 is 2.17. The molecule has 0 atom stereocenters. The molecule has 0 radical (unpaired) electrons. The van der Waals surface area contributed by atoms with E-state index in [1.54, 1.807) is 11.9 Å². The van der Waals surface area contributed by atoms with Gasteiger partial charge in [0, 0.05) is 45.0 Å². The fourth-order valence-corrected chi connectivity index (χ4v) is 3.36. The molecule has 1 heterocycles. The Labute approximate surface area is 149 Å². The molecule has 0 unspecified atom stereocenters.